The molecule has 1 amide bonds. The van der Waals surface area contributed by atoms with Crippen molar-refractivity contribution in [2.45, 2.75) is 58.7 Å². The summed E-state index contributed by atoms with van der Waals surface area (Å²) in [6.45, 7) is 13.1. The summed E-state index contributed by atoms with van der Waals surface area (Å²) in [7, 11) is -1.17. The maximum Gasteiger partial charge on any atom is 0.414 e. The molecular weight excluding hydrogens is 342 g/mol. The Kier molecular flexibility index (Phi) is 7.00. The van der Waals surface area contributed by atoms with Gasteiger partial charge >= 0.3 is 6.09 Å². The Hall–Kier alpha value is -2.07. The van der Waals surface area contributed by atoms with Gasteiger partial charge in [0.05, 0.1) is 0 Å². The molecule has 0 fully saturated rings. The minimum atomic E-state index is -1.17. The summed E-state index contributed by atoms with van der Waals surface area (Å²) >= 11 is 0. The molecule has 0 atom stereocenters. The highest BCUT2D eigenvalue weighted by Crippen LogP contribution is 2.17. The molecule has 1 aromatic heterocycles. The molecule has 10 heteroatoms. The summed E-state index contributed by atoms with van der Waals surface area (Å²) in [5.41, 5.74) is 5.37. The van der Waals surface area contributed by atoms with Crippen LogP contribution < -0.4 is 15.8 Å². The van der Waals surface area contributed by atoms with Gasteiger partial charge in [0.25, 0.3) is 5.88 Å². The van der Waals surface area contributed by atoms with Crippen LogP contribution in [0.2, 0.25) is 25.7 Å². The first-order valence-electron chi connectivity index (χ1n) is 8.04. The molecule has 0 aliphatic carbocycles. The predicted molar refractivity (Wildman–Crippen MR) is 97.8 cm³/mol. The molecule has 25 heavy (non-hydrogen) atoms. The molecule has 142 valence electrons. The molecule has 0 saturated heterocycles. The number of rotatable bonds is 7. The molecule has 0 saturated carbocycles. The van der Waals surface area contributed by atoms with Gasteiger partial charge in [-0.3, -0.25) is 0 Å². The average molecular weight is 372 g/mol. The maximum absolute atomic E-state index is 11.9. The van der Waals surface area contributed by atoms with Gasteiger partial charge in [0.15, 0.2) is 5.84 Å². The number of ether oxygens (including phenoxy) is 2. The van der Waals surface area contributed by atoms with E-state index in [1.165, 1.54) is 10.9 Å². The van der Waals surface area contributed by atoms with Crippen molar-refractivity contribution < 1.29 is 19.5 Å². The molecule has 4 N–H and O–H groups in total. The van der Waals surface area contributed by atoms with Crippen LogP contribution in [0.3, 0.4) is 0 Å². The van der Waals surface area contributed by atoms with Crippen LogP contribution in [0.5, 0.6) is 5.88 Å². The van der Waals surface area contributed by atoms with Crippen LogP contribution in [-0.4, -0.2) is 47.1 Å². The van der Waals surface area contributed by atoms with E-state index < -0.39 is 19.7 Å². The zero-order chi connectivity index (χ0) is 19.3. The second-order valence-corrected chi connectivity index (χ2v) is 13.6. The van der Waals surface area contributed by atoms with Gasteiger partial charge in [-0.2, -0.15) is 0 Å². The summed E-state index contributed by atoms with van der Waals surface area (Å²) < 4.78 is 12.2. The Balaban J connectivity index is 2.79. The third-order valence-electron chi connectivity index (χ3n) is 3.00. The lowest BCUT2D eigenvalue weighted by molar-refractivity contribution is 0.0776. The maximum atomic E-state index is 11.9. The minimum absolute atomic E-state index is 0.0501. The Morgan fingerprint density at radius 2 is 2.08 bits per heavy atom. The fourth-order valence-corrected chi connectivity index (χ4v) is 2.49. The van der Waals surface area contributed by atoms with Crippen molar-refractivity contribution in [2.24, 2.45) is 10.9 Å². The van der Waals surface area contributed by atoms with E-state index in [9.17, 15) is 4.79 Å². The highest BCUT2D eigenvalue weighted by Gasteiger charge is 2.21. The van der Waals surface area contributed by atoms with Crippen molar-refractivity contribution in [3.05, 3.63) is 11.8 Å². The van der Waals surface area contributed by atoms with E-state index in [0.717, 1.165) is 6.04 Å². The zero-order valence-electron chi connectivity index (χ0n) is 15.8. The van der Waals surface area contributed by atoms with E-state index in [0.29, 0.717) is 6.61 Å². The van der Waals surface area contributed by atoms with Crippen LogP contribution in [0.15, 0.2) is 11.4 Å². The quantitative estimate of drug-likeness (QED) is 0.168. The average Bonchev–Trinajstić information content (AvgIpc) is 2.82. The molecule has 9 nitrogen and oxygen atoms in total. The molecule has 0 spiro atoms. The van der Waals surface area contributed by atoms with Crippen molar-refractivity contribution >= 4 is 20.0 Å². The number of nitrogens with one attached hydrogen (secondary N) is 1. The monoisotopic (exact) mass is 371 g/mol. The second-order valence-electron chi connectivity index (χ2n) is 7.99. The highest BCUT2D eigenvalue weighted by molar-refractivity contribution is 6.76. The molecule has 0 aliphatic rings. The normalized spacial score (nSPS) is 13.0. The number of hydrogen-bond acceptors (Lipinski definition) is 6. The summed E-state index contributed by atoms with van der Waals surface area (Å²) in [4.78, 5) is 11.9. The van der Waals surface area contributed by atoms with Crippen molar-refractivity contribution in [3.63, 3.8) is 0 Å². The first kappa shape index (κ1) is 21.0. The van der Waals surface area contributed by atoms with Crippen LogP contribution in [0.4, 0.5) is 4.79 Å². The predicted octanol–water partition coefficient (Wildman–Crippen LogP) is 2.18. The molecule has 1 heterocycles. The summed E-state index contributed by atoms with van der Waals surface area (Å²) in [5.74, 6) is -0.252. The first-order chi connectivity index (χ1) is 11.4. The van der Waals surface area contributed by atoms with Gasteiger partial charge < -0.3 is 25.7 Å². The number of amidine groups is 1. The van der Waals surface area contributed by atoms with Gasteiger partial charge in [0.2, 0.25) is 0 Å². The number of amides is 1. The van der Waals surface area contributed by atoms with Crippen LogP contribution in [-0.2, 0) is 11.5 Å². The lowest BCUT2D eigenvalue weighted by atomic mass is 10.1. The third kappa shape index (κ3) is 8.03. The molecule has 0 aromatic carbocycles. The van der Waals surface area contributed by atoms with Crippen molar-refractivity contribution in [3.8, 4) is 5.88 Å². The van der Waals surface area contributed by atoms with Gasteiger partial charge in [0.1, 0.15) is 12.3 Å². The Morgan fingerprint density at radius 1 is 1.44 bits per heavy atom. The van der Waals surface area contributed by atoms with Crippen LogP contribution in [0, 0.1) is 0 Å². The third-order valence-corrected chi connectivity index (χ3v) is 4.70. The highest BCUT2D eigenvalue weighted by atomic mass is 28.3. The fourth-order valence-electron chi connectivity index (χ4n) is 1.73. The lowest BCUT2D eigenvalue weighted by Gasteiger charge is -2.19. The van der Waals surface area contributed by atoms with Gasteiger partial charge in [-0.1, -0.05) is 24.8 Å². The van der Waals surface area contributed by atoms with Crippen molar-refractivity contribution in [1.29, 1.82) is 0 Å². The van der Waals surface area contributed by atoms with E-state index in [-0.39, 0.29) is 24.0 Å². The molecule has 0 radical (unpaired) electrons. The molecular formula is C15H29N5O4Si. The minimum Gasteiger partial charge on any atom is -0.409 e. The number of carbonyl (C=O) groups excluding carboxylic acids is 1. The van der Waals surface area contributed by atoms with Crippen LogP contribution in [0.1, 0.15) is 26.3 Å². The summed E-state index contributed by atoms with van der Waals surface area (Å²) in [6, 6.07) is 1.03. The van der Waals surface area contributed by atoms with E-state index in [1.54, 1.807) is 0 Å². The fraction of sp³-hybridized carbons (Fsp3) is 0.667. The van der Waals surface area contributed by atoms with Gasteiger partial charge in [0, 0.05) is 26.4 Å². The van der Waals surface area contributed by atoms with Crippen LogP contribution >= 0.6 is 0 Å². The van der Waals surface area contributed by atoms with Gasteiger partial charge in [-0.25, -0.2) is 9.48 Å². The summed E-state index contributed by atoms with van der Waals surface area (Å²) in [6.07, 6.45) is 0.827. The first-order valence-corrected chi connectivity index (χ1v) is 11.7. The SMILES string of the molecule is CC(C)(C)NC(=O)Oc1nn(COCC[Si](C)(C)C)cc1C(N)=NO. The van der Waals surface area contributed by atoms with E-state index in [1.807, 2.05) is 20.8 Å². The molecule has 1 aromatic rings. The molecule has 0 unspecified atom stereocenters. The molecule has 0 aliphatic heterocycles. The van der Waals surface area contributed by atoms with E-state index in [4.69, 9.17) is 20.4 Å². The number of oxime groups is 1. The number of carbonyl (C=O) groups is 1. The standard InChI is InChI=1S/C15H29N5O4Si/c1-15(2,3)17-14(21)24-13-11(12(16)19-22)9-20(18-13)10-23-7-8-25(4,5)6/h9,22H,7-8,10H2,1-6H3,(H2,16,19)(H,17,21). The Bertz CT molecular complexity index is 616. The van der Waals surface area contributed by atoms with E-state index in [2.05, 4.69) is 35.2 Å². The van der Waals surface area contributed by atoms with Gasteiger partial charge in [-0.05, 0) is 26.8 Å². The van der Waals surface area contributed by atoms with Gasteiger partial charge in [-0.15, -0.1) is 5.10 Å². The second kappa shape index (κ2) is 8.34. The molecule has 1 rings (SSSR count). The smallest absolute Gasteiger partial charge is 0.409 e. The Labute approximate surface area is 149 Å². The van der Waals surface area contributed by atoms with Crippen molar-refractivity contribution in [1.82, 2.24) is 15.1 Å². The van der Waals surface area contributed by atoms with Crippen molar-refractivity contribution in [2.75, 3.05) is 6.61 Å². The van der Waals surface area contributed by atoms with Crippen LogP contribution in [0.25, 0.3) is 0 Å². The largest absolute Gasteiger partial charge is 0.414 e. The topological polar surface area (TPSA) is 124 Å². The lowest BCUT2D eigenvalue weighted by Crippen LogP contribution is -2.42. The number of nitrogens with zero attached hydrogens (tertiary/aromatic N) is 3. The summed E-state index contributed by atoms with van der Waals surface area (Å²) in [5, 5.41) is 18.6. The number of hydrogen-bond donors (Lipinski definition) is 3. The number of nitrogens with two attached hydrogens (primary N) is 1. The number of aromatic nitrogens is 2. The zero-order valence-corrected chi connectivity index (χ0v) is 16.8. The van der Waals surface area contributed by atoms with E-state index >= 15 is 0 Å². The Morgan fingerprint density at radius 3 is 2.60 bits per heavy atom. The molecule has 0 bridgehead atoms.